The molecule has 2 N–H and O–H groups in total. The van der Waals surface area contributed by atoms with Crippen molar-refractivity contribution in [2.24, 2.45) is 5.92 Å². The molecule has 0 spiro atoms. The van der Waals surface area contributed by atoms with E-state index >= 15 is 0 Å². The van der Waals surface area contributed by atoms with E-state index in [1.807, 2.05) is 23.1 Å². The van der Waals surface area contributed by atoms with E-state index in [0.717, 1.165) is 44.3 Å². The molecule has 2 aliphatic rings. The fourth-order valence-electron chi connectivity index (χ4n) is 3.16. The Morgan fingerprint density at radius 2 is 1.83 bits per heavy atom. The second-order valence-corrected chi connectivity index (χ2v) is 6.46. The van der Waals surface area contributed by atoms with Crippen molar-refractivity contribution in [2.75, 3.05) is 19.6 Å². The smallest absolute Gasteiger partial charge is 0.315 e. The van der Waals surface area contributed by atoms with E-state index in [2.05, 4.69) is 22.8 Å². The zero-order valence-corrected chi connectivity index (χ0v) is 13.5. The van der Waals surface area contributed by atoms with Crippen molar-refractivity contribution in [3.8, 4) is 0 Å². The number of urea groups is 1. The van der Waals surface area contributed by atoms with Gasteiger partial charge in [0.15, 0.2) is 0 Å². The van der Waals surface area contributed by atoms with Crippen molar-refractivity contribution in [2.45, 2.75) is 38.1 Å². The molecule has 23 heavy (non-hydrogen) atoms. The first-order valence-corrected chi connectivity index (χ1v) is 8.61. The van der Waals surface area contributed by atoms with Crippen molar-refractivity contribution in [1.82, 2.24) is 15.5 Å². The number of rotatable bonds is 6. The first-order valence-electron chi connectivity index (χ1n) is 8.61. The monoisotopic (exact) mass is 315 g/mol. The lowest BCUT2D eigenvalue weighted by molar-refractivity contribution is -0.129. The molecule has 1 atom stereocenters. The van der Waals surface area contributed by atoms with Crippen LogP contribution in [0, 0.1) is 5.92 Å². The summed E-state index contributed by atoms with van der Waals surface area (Å²) in [6, 6.07) is 9.99. The third-order valence-corrected chi connectivity index (χ3v) is 4.62. The van der Waals surface area contributed by atoms with Crippen LogP contribution in [0.3, 0.4) is 0 Å². The quantitative estimate of drug-likeness (QED) is 0.847. The van der Waals surface area contributed by atoms with Crippen LogP contribution in [0.2, 0.25) is 0 Å². The minimum atomic E-state index is -0.181. The third kappa shape index (κ3) is 4.47. The molecule has 5 nitrogen and oxygen atoms in total. The van der Waals surface area contributed by atoms with Crippen LogP contribution in [0.4, 0.5) is 4.79 Å². The molecule has 1 aromatic carbocycles. The zero-order chi connectivity index (χ0) is 16.1. The molecule has 124 valence electrons. The predicted octanol–water partition coefficient (Wildman–Crippen LogP) is 2.45. The van der Waals surface area contributed by atoms with E-state index < -0.39 is 0 Å². The van der Waals surface area contributed by atoms with Gasteiger partial charge in [0.05, 0.1) is 6.04 Å². The standard InChI is InChI=1S/C18H25N3O2/c22-16(21-12-4-5-13-21)10-11-19-18(23)20-17(15-8-9-15)14-6-2-1-3-7-14/h1-3,6-7,15,17H,4-5,8-13H2,(H2,19,20,23). The summed E-state index contributed by atoms with van der Waals surface area (Å²) >= 11 is 0. The van der Waals surface area contributed by atoms with Crippen LogP contribution in [-0.2, 0) is 4.79 Å². The Bertz CT molecular complexity index is 536. The molecule has 1 aliphatic carbocycles. The number of nitrogens with one attached hydrogen (secondary N) is 2. The minimum Gasteiger partial charge on any atom is -0.343 e. The summed E-state index contributed by atoms with van der Waals surface area (Å²) in [5.41, 5.74) is 1.15. The number of nitrogens with zero attached hydrogens (tertiary/aromatic N) is 1. The van der Waals surface area contributed by atoms with E-state index in [4.69, 9.17) is 0 Å². The second-order valence-electron chi connectivity index (χ2n) is 6.46. The molecule has 5 heteroatoms. The number of hydrogen-bond donors (Lipinski definition) is 2. The fraction of sp³-hybridized carbons (Fsp3) is 0.556. The summed E-state index contributed by atoms with van der Waals surface area (Å²) in [7, 11) is 0. The first-order chi connectivity index (χ1) is 11.2. The molecule has 0 aromatic heterocycles. The van der Waals surface area contributed by atoms with Crippen molar-refractivity contribution in [1.29, 1.82) is 0 Å². The highest BCUT2D eigenvalue weighted by Crippen LogP contribution is 2.40. The van der Waals surface area contributed by atoms with Gasteiger partial charge in [-0.25, -0.2) is 4.79 Å². The summed E-state index contributed by atoms with van der Waals surface area (Å²) in [4.78, 5) is 25.9. The molecule has 1 unspecified atom stereocenters. The van der Waals surface area contributed by atoms with Gasteiger partial charge in [-0.05, 0) is 37.2 Å². The Kier molecular flexibility index (Phi) is 5.16. The van der Waals surface area contributed by atoms with Crippen molar-refractivity contribution < 1.29 is 9.59 Å². The summed E-state index contributed by atoms with van der Waals surface area (Å²) in [5, 5.41) is 5.89. The van der Waals surface area contributed by atoms with Gasteiger partial charge in [0, 0.05) is 26.1 Å². The number of benzene rings is 1. The van der Waals surface area contributed by atoms with Crippen molar-refractivity contribution in [3.63, 3.8) is 0 Å². The molecule has 1 saturated heterocycles. The van der Waals surface area contributed by atoms with Crippen LogP contribution in [-0.4, -0.2) is 36.5 Å². The molecule has 1 heterocycles. The molecule has 3 rings (SSSR count). The molecular weight excluding hydrogens is 290 g/mol. The Labute approximate surface area is 137 Å². The highest BCUT2D eigenvalue weighted by Gasteiger charge is 2.33. The second kappa shape index (κ2) is 7.49. The maximum absolute atomic E-state index is 12.1. The van der Waals surface area contributed by atoms with Gasteiger partial charge >= 0.3 is 6.03 Å². The molecule has 0 bridgehead atoms. The van der Waals surface area contributed by atoms with Crippen LogP contribution in [0.5, 0.6) is 0 Å². The lowest BCUT2D eigenvalue weighted by Gasteiger charge is -2.19. The van der Waals surface area contributed by atoms with Gasteiger partial charge in [0.1, 0.15) is 0 Å². The average Bonchev–Trinajstić information content (AvgIpc) is 3.26. The van der Waals surface area contributed by atoms with Gasteiger partial charge in [-0.15, -0.1) is 0 Å². The van der Waals surface area contributed by atoms with E-state index in [0.29, 0.717) is 18.9 Å². The first kappa shape index (κ1) is 15.8. The van der Waals surface area contributed by atoms with Crippen LogP contribution in [0.1, 0.15) is 43.7 Å². The highest BCUT2D eigenvalue weighted by atomic mass is 16.2. The molecule has 1 saturated carbocycles. The topological polar surface area (TPSA) is 61.4 Å². The Balaban J connectivity index is 1.43. The predicted molar refractivity (Wildman–Crippen MR) is 88.9 cm³/mol. The normalized spacial score (nSPS) is 18.5. The van der Waals surface area contributed by atoms with Crippen molar-refractivity contribution in [3.05, 3.63) is 35.9 Å². The third-order valence-electron chi connectivity index (χ3n) is 4.62. The zero-order valence-electron chi connectivity index (χ0n) is 13.5. The van der Waals surface area contributed by atoms with E-state index in [1.54, 1.807) is 0 Å². The summed E-state index contributed by atoms with van der Waals surface area (Å²) in [6.07, 6.45) is 4.90. The highest BCUT2D eigenvalue weighted by molar-refractivity contribution is 5.78. The van der Waals surface area contributed by atoms with Crippen LogP contribution >= 0.6 is 0 Å². The largest absolute Gasteiger partial charge is 0.343 e. The number of carbonyl (C=O) groups is 2. The molecule has 1 aliphatic heterocycles. The van der Waals surface area contributed by atoms with Gasteiger partial charge < -0.3 is 15.5 Å². The number of amides is 3. The molecule has 2 fully saturated rings. The Morgan fingerprint density at radius 3 is 2.48 bits per heavy atom. The molecule has 1 aromatic rings. The average molecular weight is 315 g/mol. The van der Waals surface area contributed by atoms with Gasteiger partial charge in [0.25, 0.3) is 0 Å². The minimum absolute atomic E-state index is 0.0745. The van der Waals surface area contributed by atoms with Gasteiger partial charge in [-0.1, -0.05) is 30.3 Å². The van der Waals surface area contributed by atoms with Crippen LogP contribution < -0.4 is 10.6 Å². The number of likely N-dealkylation sites (tertiary alicyclic amines) is 1. The summed E-state index contributed by atoms with van der Waals surface area (Å²) in [6.45, 7) is 2.12. The molecule has 3 amide bonds. The van der Waals surface area contributed by atoms with E-state index in [-0.39, 0.29) is 18.0 Å². The lowest BCUT2D eigenvalue weighted by Crippen LogP contribution is -2.40. The molecular formula is C18H25N3O2. The van der Waals surface area contributed by atoms with Crippen LogP contribution in [0.25, 0.3) is 0 Å². The lowest BCUT2D eigenvalue weighted by atomic mass is 10.0. The number of carbonyl (C=O) groups excluding carboxylic acids is 2. The summed E-state index contributed by atoms with van der Waals surface area (Å²) < 4.78 is 0. The maximum atomic E-state index is 12.1. The van der Waals surface area contributed by atoms with Gasteiger partial charge in [-0.3, -0.25) is 4.79 Å². The number of hydrogen-bond acceptors (Lipinski definition) is 2. The fourth-order valence-corrected chi connectivity index (χ4v) is 3.16. The van der Waals surface area contributed by atoms with Crippen LogP contribution in [0.15, 0.2) is 30.3 Å². The van der Waals surface area contributed by atoms with Gasteiger partial charge in [-0.2, -0.15) is 0 Å². The Morgan fingerprint density at radius 1 is 1.13 bits per heavy atom. The van der Waals surface area contributed by atoms with Gasteiger partial charge in [0.2, 0.25) is 5.91 Å². The Hall–Kier alpha value is -2.04. The summed E-state index contributed by atoms with van der Waals surface area (Å²) in [5.74, 6) is 0.680. The van der Waals surface area contributed by atoms with E-state index in [9.17, 15) is 9.59 Å². The van der Waals surface area contributed by atoms with Crippen molar-refractivity contribution >= 4 is 11.9 Å². The van der Waals surface area contributed by atoms with E-state index in [1.165, 1.54) is 0 Å². The molecule has 0 radical (unpaired) electrons. The SMILES string of the molecule is O=C(NCCC(=O)N1CCCC1)NC(c1ccccc1)C1CC1. The maximum Gasteiger partial charge on any atom is 0.315 e.